The number of nitrogens with zero attached hydrogens (tertiary/aromatic N) is 3. The van der Waals surface area contributed by atoms with Crippen molar-refractivity contribution in [2.75, 3.05) is 32.9 Å². The van der Waals surface area contributed by atoms with Gasteiger partial charge in [-0.25, -0.2) is 13.9 Å². The Bertz CT molecular complexity index is 1270. The largest absolute Gasteiger partial charge is 0.465 e. The van der Waals surface area contributed by atoms with Crippen LogP contribution in [0.5, 0.6) is 0 Å². The number of hydrogen-bond donors (Lipinski definition) is 2. The van der Waals surface area contributed by atoms with E-state index in [1.165, 1.54) is 17.0 Å². The highest BCUT2D eigenvalue weighted by Gasteiger charge is 2.39. The first kappa shape index (κ1) is 29.5. The molecule has 1 aliphatic rings. The molecule has 1 amide bonds. The number of fused-ring (bicyclic) bond motifs is 1. The van der Waals surface area contributed by atoms with E-state index in [0.717, 1.165) is 17.0 Å². The molecule has 4 rings (SSSR count). The third-order valence-electron chi connectivity index (χ3n) is 7.39. The van der Waals surface area contributed by atoms with Crippen LogP contribution in [-0.2, 0) is 21.6 Å². The minimum Gasteiger partial charge on any atom is -0.465 e. The molecule has 2 aromatic carbocycles. The lowest BCUT2D eigenvalue weighted by molar-refractivity contribution is -0.0272. The van der Waals surface area contributed by atoms with Crippen molar-refractivity contribution in [2.24, 2.45) is 0 Å². The molecule has 1 aromatic heterocycles. The van der Waals surface area contributed by atoms with Gasteiger partial charge < -0.3 is 24.6 Å². The molecule has 0 bridgehead atoms. The lowest BCUT2D eigenvalue weighted by Crippen LogP contribution is -2.47. The number of amides is 1. The van der Waals surface area contributed by atoms with E-state index in [0.29, 0.717) is 55.4 Å². The molecule has 0 spiro atoms. The van der Waals surface area contributed by atoms with Gasteiger partial charge in [0.25, 0.3) is 0 Å². The second-order valence-electron chi connectivity index (χ2n) is 11.5. The van der Waals surface area contributed by atoms with E-state index in [1.807, 2.05) is 12.3 Å². The van der Waals surface area contributed by atoms with Gasteiger partial charge in [0, 0.05) is 55.4 Å². The number of aliphatic hydroxyl groups is 1. The number of benzene rings is 2. The van der Waals surface area contributed by atoms with Crippen LogP contribution in [-0.4, -0.2) is 72.0 Å². The monoisotopic (exact) mass is 577 g/mol. The molecule has 1 aliphatic heterocycles. The van der Waals surface area contributed by atoms with Crippen molar-refractivity contribution in [1.82, 2.24) is 14.7 Å². The first-order valence-electron chi connectivity index (χ1n) is 13.2. The Labute approximate surface area is 234 Å². The summed E-state index contributed by atoms with van der Waals surface area (Å²) in [5.41, 5.74) is 1.68. The van der Waals surface area contributed by atoms with E-state index >= 15 is 0 Å². The summed E-state index contributed by atoms with van der Waals surface area (Å²) in [6.45, 7) is 8.49. The van der Waals surface area contributed by atoms with Crippen LogP contribution in [0.15, 0.2) is 42.6 Å². The van der Waals surface area contributed by atoms with Crippen molar-refractivity contribution in [3.63, 3.8) is 0 Å². The predicted molar refractivity (Wildman–Crippen MR) is 152 cm³/mol. The quantitative estimate of drug-likeness (QED) is 0.217. The van der Waals surface area contributed by atoms with Crippen LogP contribution in [0.25, 0.3) is 10.9 Å². The van der Waals surface area contributed by atoms with Gasteiger partial charge in [-0.15, -0.1) is 0 Å². The third-order valence-corrected chi connectivity index (χ3v) is 9.31. The summed E-state index contributed by atoms with van der Waals surface area (Å²) in [6.07, 6.45) is 1.22. The van der Waals surface area contributed by atoms with Gasteiger partial charge in [-0.3, -0.25) is 0 Å². The number of aromatic nitrogens is 2. The Balaban J connectivity index is 1.55. The van der Waals surface area contributed by atoms with Gasteiger partial charge in [-0.1, -0.05) is 43.4 Å². The summed E-state index contributed by atoms with van der Waals surface area (Å²) in [5, 5.41) is 25.8. The lowest BCUT2D eigenvalue weighted by Gasteiger charge is -2.42. The van der Waals surface area contributed by atoms with Crippen LogP contribution in [0.2, 0.25) is 30.7 Å². The minimum absolute atomic E-state index is 0.214. The van der Waals surface area contributed by atoms with Gasteiger partial charge >= 0.3 is 6.09 Å². The van der Waals surface area contributed by atoms with Crippen molar-refractivity contribution < 1.29 is 28.9 Å². The Hall–Kier alpha value is -2.50. The molecule has 8 nitrogen and oxygen atoms in total. The lowest BCUT2D eigenvalue weighted by atomic mass is 9.73. The van der Waals surface area contributed by atoms with Gasteiger partial charge in [0.15, 0.2) is 0 Å². The summed E-state index contributed by atoms with van der Waals surface area (Å²) in [5.74, 6) is -0.340. The van der Waals surface area contributed by atoms with Crippen LogP contribution in [0.3, 0.4) is 0 Å². The molecule has 2 heterocycles. The van der Waals surface area contributed by atoms with E-state index in [4.69, 9.17) is 26.2 Å². The van der Waals surface area contributed by atoms with Crippen LogP contribution >= 0.6 is 11.6 Å². The number of carboxylic acid groups (broad SMARTS) is 1. The first-order chi connectivity index (χ1) is 18.5. The molecule has 2 N–H and O–H groups in total. The molecular weight excluding hydrogens is 541 g/mol. The Kier molecular flexibility index (Phi) is 9.33. The molecule has 1 saturated heterocycles. The topological polar surface area (TPSA) is 97.1 Å². The number of piperidine rings is 1. The van der Waals surface area contributed by atoms with Gasteiger partial charge in [0.05, 0.1) is 18.7 Å². The summed E-state index contributed by atoms with van der Waals surface area (Å²) >= 11 is 6.45. The van der Waals surface area contributed by atoms with Crippen LogP contribution in [0, 0.1) is 5.82 Å². The zero-order chi connectivity index (χ0) is 28.2. The molecule has 1 fully saturated rings. The number of rotatable bonds is 11. The van der Waals surface area contributed by atoms with Gasteiger partial charge in [0.2, 0.25) is 0 Å². The number of hydrogen-bond acceptors (Lipinski definition) is 5. The molecule has 1 unspecified atom stereocenters. The molecule has 0 aliphatic carbocycles. The van der Waals surface area contributed by atoms with Crippen molar-refractivity contribution >= 4 is 36.7 Å². The number of carbonyl (C=O) groups is 1. The molecule has 212 valence electrons. The standard InChI is InChI=1S/C28H37ClFN3O5Si/c1-39(2,3)13-12-37-19-33-16-20-14-22(29)15-24(26(20)31-33)25(17-34)38-18-28(21-4-6-23(30)7-5-21)8-10-32(11-9-28)27(35)36/h4-7,14-16,25,34H,8-13,17-19H2,1-3H3,(H,35,36). The van der Waals surface area contributed by atoms with E-state index in [9.17, 15) is 19.4 Å². The van der Waals surface area contributed by atoms with Crippen LogP contribution in [0.1, 0.15) is 30.1 Å². The van der Waals surface area contributed by atoms with Crippen molar-refractivity contribution in [1.29, 1.82) is 0 Å². The number of likely N-dealkylation sites (tertiary alicyclic amines) is 1. The molecule has 39 heavy (non-hydrogen) atoms. The zero-order valence-electron chi connectivity index (χ0n) is 22.7. The molecule has 1 atom stereocenters. The highest BCUT2D eigenvalue weighted by molar-refractivity contribution is 6.76. The number of aliphatic hydroxyl groups excluding tert-OH is 1. The molecular formula is C28H37ClFN3O5Si. The average Bonchev–Trinajstić information content (AvgIpc) is 3.29. The Morgan fingerprint density at radius 2 is 1.90 bits per heavy atom. The summed E-state index contributed by atoms with van der Waals surface area (Å²) < 4.78 is 27.6. The van der Waals surface area contributed by atoms with E-state index in [-0.39, 0.29) is 19.0 Å². The fourth-order valence-corrected chi connectivity index (χ4v) is 5.96. The number of ether oxygens (including phenoxy) is 2. The van der Waals surface area contributed by atoms with Crippen molar-refractivity contribution in [2.45, 2.75) is 56.8 Å². The first-order valence-corrected chi connectivity index (χ1v) is 17.3. The normalized spacial score (nSPS) is 16.5. The maximum atomic E-state index is 13.7. The highest BCUT2D eigenvalue weighted by Crippen LogP contribution is 2.38. The van der Waals surface area contributed by atoms with E-state index in [1.54, 1.807) is 22.9 Å². The smallest absolute Gasteiger partial charge is 0.407 e. The molecule has 0 radical (unpaired) electrons. The minimum atomic E-state index is -1.20. The van der Waals surface area contributed by atoms with Gasteiger partial charge in [-0.05, 0) is 48.7 Å². The number of halogens is 2. The Morgan fingerprint density at radius 3 is 2.51 bits per heavy atom. The van der Waals surface area contributed by atoms with Crippen molar-refractivity contribution in [3.8, 4) is 0 Å². The fraction of sp³-hybridized carbons (Fsp3) is 0.500. The fourth-order valence-electron chi connectivity index (χ4n) is 4.97. The second-order valence-corrected chi connectivity index (χ2v) is 17.5. The van der Waals surface area contributed by atoms with Crippen LogP contribution < -0.4 is 0 Å². The van der Waals surface area contributed by atoms with Gasteiger partial charge in [0.1, 0.15) is 18.7 Å². The van der Waals surface area contributed by atoms with Crippen molar-refractivity contribution in [3.05, 3.63) is 64.6 Å². The zero-order valence-corrected chi connectivity index (χ0v) is 24.5. The van der Waals surface area contributed by atoms with Gasteiger partial charge in [-0.2, -0.15) is 5.10 Å². The summed E-state index contributed by atoms with van der Waals surface area (Å²) in [4.78, 5) is 12.9. The average molecular weight is 578 g/mol. The van der Waals surface area contributed by atoms with E-state index < -0.39 is 25.7 Å². The predicted octanol–water partition coefficient (Wildman–Crippen LogP) is 5.90. The molecule has 3 aromatic rings. The molecule has 11 heteroatoms. The summed E-state index contributed by atoms with van der Waals surface area (Å²) in [6, 6.07) is 10.9. The SMILES string of the molecule is C[Si](C)(C)CCOCn1cc2cc(Cl)cc(C(CO)OCC3(c4ccc(F)cc4)CCN(C(=O)O)CC3)c2n1. The summed E-state index contributed by atoms with van der Waals surface area (Å²) in [7, 11) is -1.20. The highest BCUT2D eigenvalue weighted by atomic mass is 35.5. The maximum absolute atomic E-state index is 13.7. The maximum Gasteiger partial charge on any atom is 0.407 e. The second kappa shape index (κ2) is 12.3. The van der Waals surface area contributed by atoms with Crippen LogP contribution in [0.4, 0.5) is 9.18 Å². The Morgan fingerprint density at radius 1 is 1.21 bits per heavy atom. The van der Waals surface area contributed by atoms with E-state index in [2.05, 4.69) is 19.6 Å². The third kappa shape index (κ3) is 7.37. The molecule has 0 saturated carbocycles.